The fourth-order valence-corrected chi connectivity index (χ4v) is 2.41. The summed E-state index contributed by atoms with van der Waals surface area (Å²) in [5.74, 6) is 0. The maximum absolute atomic E-state index is 5.87. The molecule has 0 fully saturated rings. The number of hydrogen-bond donors (Lipinski definition) is 1. The monoisotopic (exact) mass is 233 g/mol. The van der Waals surface area contributed by atoms with Crippen LogP contribution < -0.4 is 5.73 Å². The summed E-state index contributed by atoms with van der Waals surface area (Å²) in [4.78, 5) is 0. The number of rotatable bonds is 1. The van der Waals surface area contributed by atoms with Crippen molar-refractivity contribution in [2.24, 2.45) is 0 Å². The van der Waals surface area contributed by atoms with E-state index in [0.717, 1.165) is 5.69 Å². The van der Waals surface area contributed by atoms with E-state index in [-0.39, 0.29) is 0 Å². The molecule has 0 saturated carbocycles. The summed E-state index contributed by atoms with van der Waals surface area (Å²) in [6.07, 6.45) is 0. The van der Waals surface area contributed by atoms with Crippen LogP contribution in [0.1, 0.15) is 5.56 Å². The molecule has 0 bridgehead atoms. The van der Waals surface area contributed by atoms with Gasteiger partial charge in [-0.1, -0.05) is 48.5 Å². The highest BCUT2D eigenvalue weighted by molar-refractivity contribution is 5.98. The van der Waals surface area contributed by atoms with E-state index in [1.165, 1.54) is 27.5 Å². The van der Waals surface area contributed by atoms with Crippen LogP contribution in [0, 0.1) is 6.92 Å². The summed E-state index contributed by atoms with van der Waals surface area (Å²) in [5, 5.41) is 2.58. The Morgan fingerprint density at radius 2 is 1.56 bits per heavy atom. The van der Waals surface area contributed by atoms with Gasteiger partial charge in [-0.2, -0.15) is 0 Å². The maximum Gasteiger partial charge on any atom is 0.0320 e. The molecule has 0 saturated heterocycles. The highest BCUT2D eigenvalue weighted by Crippen LogP contribution is 2.31. The lowest BCUT2D eigenvalue weighted by Gasteiger charge is -2.09. The molecular formula is C17H15N. The van der Waals surface area contributed by atoms with Gasteiger partial charge in [0.2, 0.25) is 0 Å². The number of hydrogen-bond acceptors (Lipinski definition) is 1. The van der Waals surface area contributed by atoms with Crippen molar-refractivity contribution in [2.45, 2.75) is 6.92 Å². The van der Waals surface area contributed by atoms with Gasteiger partial charge in [-0.05, 0) is 46.5 Å². The van der Waals surface area contributed by atoms with Gasteiger partial charge in [0.05, 0.1) is 0 Å². The molecule has 0 radical (unpaired) electrons. The molecule has 2 N–H and O–H groups in total. The Morgan fingerprint density at radius 1 is 0.778 bits per heavy atom. The Kier molecular flexibility index (Phi) is 2.52. The van der Waals surface area contributed by atoms with E-state index < -0.39 is 0 Å². The first kappa shape index (κ1) is 10.8. The van der Waals surface area contributed by atoms with Crippen LogP contribution in [0.3, 0.4) is 0 Å². The van der Waals surface area contributed by atoms with Crippen LogP contribution in [0.15, 0.2) is 60.7 Å². The Hall–Kier alpha value is -2.28. The quantitative estimate of drug-likeness (QED) is 0.619. The van der Waals surface area contributed by atoms with Crippen molar-refractivity contribution in [3.05, 3.63) is 66.2 Å². The molecule has 3 aromatic carbocycles. The van der Waals surface area contributed by atoms with E-state index in [9.17, 15) is 0 Å². The minimum absolute atomic E-state index is 0.803. The number of nitrogens with two attached hydrogens (primary N) is 1. The molecule has 1 nitrogen and oxygen atoms in total. The minimum Gasteiger partial charge on any atom is -0.399 e. The molecular weight excluding hydrogens is 218 g/mol. The zero-order valence-corrected chi connectivity index (χ0v) is 10.4. The van der Waals surface area contributed by atoms with Crippen molar-refractivity contribution in [1.82, 2.24) is 0 Å². The average molecular weight is 233 g/mol. The van der Waals surface area contributed by atoms with E-state index in [1.54, 1.807) is 0 Å². The highest BCUT2D eigenvalue weighted by atomic mass is 14.5. The zero-order chi connectivity index (χ0) is 12.5. The number of fused-ring (bicyclic) bond motifs is 1. The van der Waals surface area contributed by atoms with Crippen LogP contribution in [-0.4, -0.2) is 0 Å². The van der Waals surface area contributed by atoms with Crippen LogP contribution in [0.25, 0.3) is 21.9 Å². The SMILES string of the molecule is Cc1ccc(-c2cccc(N)c2)c2ccccc12. The maximum atomic E-state index is 5.87. The second-order valence-corrected chi connectivity index (χ2v) is 4.60. The van der Waals surface area contributed by atoms with Gasteiger partial charge in [-0.25, -0.2) is 0 Å². The average Bonchev–Trinajstić information content (AvgIpc) is 2.39. The van der Waals surface area contributed by atoms with Crippen molar-refractivity contribution in [3.8, 4) is 11.1 Å². The van der Waals surface area contributed by atoms with Crippen molar-refractivity contribution in [1.29, 1.82) is 0 Å². The molecule has 0 unspecified atom stereocenters. The molecule has 3 rings (SSSR count). The lowest BCUT2D eigenvalue weighted by molar-refractivity contribution is 1.52. The van der Waals surface area contributed by atoms with Crippen LogP contribution in [-0.2, 0) is 0 Å². The summed E-state index contributed by atoms with van der Waals surface area (Å²) in [6.45, 7) is 2.14. The zero-order valence-electron chi connectivity index (χ0n) is 10.4. The van der Waals surface area contributed by atoms with Crippen molar-refractivity contribution >= 4 is 16.5 Å². The number of nitrogen functional groups attached to an aromatic ring is 1. The standard InChI is InChI=1S/C17H15N/c1-12-9-10-16(13-5-4-6-14(18)11-13)17-8-3-2-7-15(12)17/h2-11H,18H2,1H3. The number of aryl methyl sites for hydroxylation is 1. The molecule has 88 valence electrons. The normalized spacial score (nSPS) is 10.7. The fraction of sp³-hybridized carbons (Fsp3) is 0.0588. The lowest BCUT2D eigenvalue weighted by Crippen LogP contribution is -1.87. The van der Waals surface area contributed by atoms with Crippen LogP contribution in [0.2, 0.25) is 0 Å². The lowest BCUT2D eigenvalue weighted by atomic mass is 9.95. The Bertz CT molecular complexity index is 714. The third-order valence-corrected chi connectivity index (χ3v) is 3.34. The molecule has 0 spiro atoms. The molecule has 3 aromatic rings. The van der Waals surface area contributed by atoms with Crippen molar-refractivity contribution in [2.75, 3.05) is 5.73 Å². The third kappa shape index (κ3) is 1.74. The predicted octanol–water partition coefficient (Wildman–Crippen LogP) is 4.40. The summed E-state index contributed by atoms with van der Waals surface area (Å²) in [5.41, 5.74) is 10.4. The molecule has 0 aliphatic rings. The van der Waals surface area contributed by atoms with Crippen molar-refractivity contribution in [3.63, 3.8) is 0 Å². The highest BCUT2D eigenvalue weighted by Gasteiger charge is 2.05. The Morgan fingerprint density at radius 3 is 2.33 bits per heavy atom. The number of anilines is 1. The Balaban J connectivity index is 2.33. The summed E-state index contributed by atoms with van der Waals surface area (Å²) in [6, 6.07) is 20.9. The molecule has 0 aliphatic carbocycles. The van der Waals surface area contributed by atoms with E-state index in [4.69, 9.17) is 5.73 Å². The molecule has 0 heterocycles. The molecule has 0 aliphatic heterocycles. The van der Waals surface area contributed by atoms with Gasteiger partial charge in [-0.3, -0.25) is 0 Å². The van der Waals surface area contributed by atoms with Gasteiger partial charge in [0.25, 0.3) is 0 Å². The molecule has 0 atom stereocenters. The van der Waals surface area contributed by atoms with E-state index in [0.29, 0.717) is 0 Å². The van der Waals surface area contributed by atoms with Gasteiger partial charge in [0.15, 0.2) is 0 Å². The van der Waals surface area contributed by atoms with Gasteiger partial charge < -0.3 is 5.73 Å². The van der Waals surface area contributed by atoms with E-state index >= 15 is 0 Å². The molecule has 0 amide bonds. The number of benzene rings is 3. The first-order valence-electron chi connectivity index (χ1n) is 6.10. The van der Waals surface area contributed by atoms with E-state index in [1.807, 2.05) is 18.2 Å². The topological polar surface area (TPSA) is 26.0 Å². The van der Waals surface area contributed by atoms with Gasteiger partial charge in [0, 0.05) is 5.69 Å². The summed E-state index contributed by atoms with van der Waals surface area (Å²) < 4.78 is 0. The van der Waals surface area contributed by atoms with Crippen LogP contribution in [0.5, 0.6) is 0 Å². The van der Waals surface area contributed by atoms with E-state index in [2.05, 4.69) is 49.4 Å². The first-order chi connectivity index (χ1) is 8.75. The van der Waals surface area contributed by atoms with Gasteiger partial charge in [-0.15, -0.1) is 0 Å². The molecule has 1 heteroatoms. The largest absolute Gasteiger partial charge is 0.399 e. The summed E-state index contributed by atoms with van der Waals surface area (Å²) >= 11 is 0. The fourth-order valence-electron chi connectivity index (χ4n) is 2.41. The van der Waals surface area contributed by atoms with Gasteiger partial charge >= 0.3 is 0 Å². The molecule has 18 heavy (non-hydrogen) atoms. The first-order valence-corrected chi connectivity index (χ1v) is 6.10. The van der Waals surface area contributed by atoms with Gasteiger partial charge in [0.1, 0.15) is 0 Å². The smallest absolute Gasteiger partial charge is 0.0320 e. The van der Waals surface area contributed by atoms with Crippen LogP contribution in [0.4, 0.5) is 5.69 Å². The third-order valence-electron chi connectivity index (χ3n) is 3.34. The minimum atomic E-state index is 0.803. The second kappa shape index (κ2) is 4.19. The van der Waals surface area contributed by atoms with Crippen LogP contribution >= 0.6 is 0 Å². The molecule has 0 aromatic heterocycles. The second-order valence-electron chi connectivity index (χ2n) is 4.60. The predicted molar refractivity (Wildman–Crippen MR) is 78.5 cm³/mol. The Labute approximate surface area is 107 Å². The summed E-state index contributed by atoms with van der Waals surface area (Å²) in [7, 11) is 0. The van der Waals surface area contributed by atoms with Crippen molar-refractivity contribution < 1.29 is 0 Å².